The molecule has 182 valence electrons. The molecule has 0 bridgehead atoms. The van der Waals surface area contributed by atoms with Gasteiger partial charge in [-0.3, -0.25) is 0 Å². The first-order chi connectivity index (χ1) is 16.8. The van der Waals surface area contributed by atoms with Crippen LogP contribution in [-0.4, -0.2) is 13.2 Å². The summed E-state index contributed by atoms with van der Waals surface area (Å²) >= 11 is 0. The molecule has 0 fully saturated rings. The van der Waals surface area contributed by atoms with Crippen LogP contribution in [0.3, 0.4) is 0 Å². The van der Waals surface area contributed by atoms with Gasteiger partial charge in [0.05, 0.1) is 13.2 Å². The minimum absolute atomic E-state index is 0.788. The van der Waals surface area contributed by atoms with Crippen molar-refractivity contribution in [1.29, 1.82) is 0 Å². The fraction of sp³-hybridized carbons (Fsp3) is 0.400. The topological polar surface area (TPSA) is 42.5 Å². The van der Waals surface area contributed by atoms with E-state index in [1.165, 1.54) is 38.5 Å². The van der Waals surface area contributed by atoms with Gasteiger partial charge in [0.25, 0.3) is 0 Å². The van der Waals surface area contributed by atoms with Gasteiger partial charge in [0.15, 0.2) is 0 Å². The molecule has 0 atom stereocenters. The summed E-state index contributed by atoms with van der Waals surface area (Å²) in [5.74, 6) is 1.85. The Morgan fingerprint density at radius 2 is 0.765 bits per heavy atom. The van der Waals surface area contributed by atoms with Gasteiger partial charge in [-0.2, -0.15) is 0 Å². The van der Waals surface area contributed by atoms with Crippen molar-refractivity contribution >= 4 is 22.7 Å². The van der Waals surface area contributed by atoms with Gasteiger partial charge < -0.3 is 20.1 Å². The Morgan fingerprint density at radius 1 is 0.441 bits per heavy atom. The number of ether oxygens (including phenoxy) is 2. The molecule has 0 saturated carbocycles. The fourth-order valence-electron chi connectivity index (χ4n) is 3.68. The van der Waals surface area contributed by atoms with Crippen LogP contribution in [0.5, 0.6) is 11.5 Å². The third-order valence-corrected chi connectivity index (χ3v) is 5.70. The molecule has 0 aliphatic carbocycles. The van der Waals surface area contributed by atoms with Crippen LogP contribution in [0, 0.1) is 0 Å². The van der Waals surface area contributed by atoms with Gasteiger partial charge in [-0.25, -0.2) is 0 Å². The molecule has 0 aromatic heterocycles. The zero-order chi connectivity index (χ0) is 23.8. The van der Waals surface area contributed by atoms with E-state index >= 15 is 0 Å². The normalized spacial score (nSPS) is 10.6. The van der Waals surface area contributed by atoms with E-state index in [1.807, 2.05) is 24.3 Å². The molecule has 0 aliphatic rings. The van der Waals surface area contributed by atoms with Gasteiger partial charge in [0.1, 0.15) is 11.5 Å². The first kappa shape index (κ1) is 25.5. The summed E-state index contributed by atoms with van der Waals surface area (Å²) in [4.78, 5) is 0. The minimum Gasteiger partial charge on any atom is -0.494 e. The van der Waals surface area contributed by atoms with Crippen LogP contribution in [0.25, 0.3) is 0 Å². The van der Waals surface area contributed by atoms with Gasteiger partial charge in [-0.15, -0.1) is 0 Å². The second-order valence-corrected chi connectivity index (χ2v) is 8.69. The predicted octanol–water partition coefficient (Wildman–Crippen LogP) is 9.09. The molecule has 4 heteroatoms. The molecule has 0 heterocycles. The van der Waals surface area contributed by atoms with E-state index in [2.05, 4.69) is 73.0 Å². The SMILES string of the molecule is CCCCCCOc1ccc(Nc2ccc(Nc3ccc(OCCCCCC)cc3)cc2)cc1. The summed E-state index contributed by atoms with van der Waals surface area (Å²) in [6.07, 6.45) is 9.76. The van der Waals surface area contributed by atoms with Crippen LogP contribution in [0.1, 0.15) is 65.2 Å². The largest absolute Gasteiger partial charge is 0.494 e. The van der Waals surface area contributed by atoms with Crippen molar-refractivity contribution in [3.63, 3.8) is 0 Å². The summed E-state index contributed by atoms with van der Waals surface area (Å²) < 4.78 is 11.7. The Kier molecular flexibility index (Phi) is 11.2. The Morgan fingerprint density at radius 3 is 1.09 bits per heavy atom. The molecule has 0 unspecified atom stereocenters. The highest BCUT2D eigenvalue weighted by atomic mass is 16.5. The minimum atomic E-state index is 0.788. The number of anilines is 4. The number of benzene rings is 3. The van der Waals surface area contributed by atoms with Crippen LogP contribution in [-0.2, 0) is 0 Å². The maximum atomic E-state index is 5.83. The third-order valence-electron chi connectivity index (χ3n) is 5.70. The Hall–Kier alpha value is -3.14. The molecule has 4 nitrogen and oxygen atoms in total. The van der Waals surface area contributed by atoms with Crippen molar-refractivity contribution in [2.24, 2.45) is 0 Å². The predicted molar refractivity (Wildman–Crippen MR) is 145 cm³/mol. The molecule has 0 aliphatic heterocycles. The number of hydrogen-bond acceptors (Lipinski definition) is 4. The molecule has 34 heavy (non-hydrogen) atoms. The lowest BCUT2D eigenvalue weighted by molar-refractivity contribution is 0.305. The average Bonchev–Trinajstić information content (AvgIpc) is 2.87. The first-order valence-corrected chi connectivity index (χ1v) is 12.9. The quantitative estimate of drug-likeness (QED) is 0.209. The average molecular weight is 461 g/mol. The molecular formula is C30H40N2O2. The first-order valence-electron chi connectivity index (χ1n) is 12.9. The second kappa shape index (κ2) is 14.9. The van der Waals surface area contributed by atoms with Crippen molar-refractivity contribution in [2.45, 2.75) is 65.2 Å². The van der Waals surface area contributed by atoms with Crippen molar-refractivity contribution in [1.82, 2.24) is 0 Å². The van der Waals surface area contributed by atoms with Gasteiger partial charge >= 0.3 is 0 Å². The molecule has 3 rings (SSSR count). The van der Waals surface area contributed by atoms with Crippen LogP contribution in [0.15, 0.2) is 72.8 Å². The summed E-state index contributed by atoms with van der Waals surface area (Å²) in [6, 6.07) is 24.6. The lowest BCUT2D eigenvalue weighted by Gasteiger charge is -2.11. The molecule has 3 aromatic carbocycles. The number of unbranched alkanes of at least 4 members (excludes halogenated alkanes) is 6. The number of rotatable bonds is 16. The highest BCUT2D eigenvalue weighted by Gasteiger charge is 2.00. The Balaban J connectivity index is 1.41. The summed E-state index contributed by atoms with van der Waals surface area (Å²) in [5.41, 5.74) is 4.19. The van der Waals surface area contributed by atoms with E-state index in [-0.39, 0.29) is 0 Å². The van der Waals surface area contributed by atoms with Crippen molar-refractivity contribution in [3.05, 3.63) is 72.8 Å². The smallest absolute Gasteiger partial charge is 0.119 e. The van der Waals surface area contributed by atoms with Crippen LogP contribution < -0.4 is 20.1 Å². The Labute approximate surface area is 205 Å². The monoisotopic (exact) mass is 460 g/mol. The van der Waals surface area contributed by atoms with E-state index in [0.29, 0.717) is 0 Å². The lowest BCUT2D eigenvalue weighted by atomic mass is 10.2. The number of nitrogens with one attached hydrogen (secondary N) is 2. The van der Waals surface area contributed by atoms with Crippen LogP contribution >= 0.6 is 0 Å². The maximum absolute atomic E-state index is 5.83. The zero-order valence-electron chi connectivity index (χ0n) is 20.8. The third kappa shape index (κ3) is 9.38. The summed E-state index contributed by atoms with van der Waals surface area (Å²) in [5, 5.41) is 6.89. The second-order valence-electron chi connectivity index (χ2n) is 8.69. The van der Waals surface area contributed by atoms with Crippen molar-refractivity contribution < 1.29 is 9.47 Å². The summed E-state index contributed by atoms with van der Waals surface area (Å²) in [6.45, 7) is 6.02. The van der Waals surface area contributed by atoms with Crippen molar-refractivity contribution in [3.8, 4) is 11.5 Å². The van der Waals surface area contributed by atoms with Crippen LogP contribution in [0.2, 0.25) is 0 Å². The van der Waals surface area contributed by atoms with E-state index < -0.39 is 0 Å². The maximum Gasteiger partial charge on any atom is 0.119 e. The standard InChI is InChI=1S/C30H40N2O2/c1-3-5-7-9-23-33-29-19-15-27(16-20-29)31-25-11-13-26(14-12-25)32-28-17-21-30(22-18-28)34-24-10-8-6-4-2/h11-22,31-32H,3-10,23-24H2,1-2H3. The van der Waals surface area contributed by atoms with Crippen molar-refractivity contribution in [2.75, 3.05) is 23.8 Å². The molecule has 2 N–H and O–H groups in total. The molecule has 0 radical (unpaired) electrons. The molecule has 3 aromatic rings. The zero-order valence-corrected chi connectivity index (χ0v) is 20.8. The molecular weight excluding hydrogens is 420 g/mol. The van der Waals surface area contributed by atoms with Crippen LogP contribution in [0.4, 0.5) is 22.7 Å². The molecule has 0 spiro atoms. The van der Waals surface area contributed by atoms with E-state index in [0.717, 1.165) is 60.3 Å². The highest BCUT2D eigenvalue weighted by molar-refractivity contribution is 5.66. The van der Waals surface area contributed by atoms with Gasteiger partial charge in [-0.1, -0.05) is 52.4 Å². The van der Waals surface area contributed by atoms with E-state index in [9.17, 15) is 0 Å². The fourth-order valence-corrected chi connectivity index (χ4v) is 3.68. The van der Waals surface area contributed by atoms with E-state index in [1.54, 1.807) is 0 Å². The molecule has 0 saturated heterocycles. The molecule has 0 amide bonds. The highest BCUT2D eigenvalue weighted by Crippen LogP contribution is 2.24. The lowest BCUT2D eigenvalue weighted by Crippen LogP contribution is -1.98. The van der Waals surface area contributed by atoms with Gasteiger partial charge in [0, 0.05) is 22.7 Å². The van der Waals surface area contributed by atoms with Gasteiger partial charge in [0.2, 0.25) is 0 Å². The number of hydrogen-bond donors (Lipinski definition) is 2. The van der Waals surface area contributed by atoms with Gasteiger partial charge in [-0.05, 0) is 85.6 Å². The Bertz CT molecular complexity index is 843. The van der Waals surface area contributed by atoms with E-state index in [4.69, 9.17) is 9.47 Å². The summed E-state index contributed by atoms with van der Waals surface area (Å²) in [7, 11) is 0.